The smallest absolute Gasteiger partial charge is 0.240 e. The van der Waals surface area contributed by atoms with Crippen LogP contribution in [0.3, 0.4) is 0 Å². The van der Waals surface area contributed by atoms with Gasteiger partial charge in [0.1, 0.15) is 6.54 Å². The van der Waals surface area contributed by atoms with Gasteiger partial charge in [-0.2, -0.15) is 5.48 Å². The van der Waals surface area contributed by atoms with E-state index in [1.54, 1.807) is 0 Å². The van der Waals surface area contributed by atoms with Crippen LogP contribution in [0.1, 0.15) is 0 Å². The van der Waals surface area contributed by atoms with E-state index in [0.717, 1.165) is 10.2 Å². The molecule has 0 heterocycles. The molecule has 0 spiro atoms. The molecule has 4 nitrogen and oxygen atoms in total. The molecule has 76 valence electrons. The molecule has 1 rings (SSSR count). The van der Waals surface area contributed by atoms with Crippen molar-refractivity contribution >= 4 is 27.5 Å². The first-order valence-corrected chi connectivity index (χ1v) is 4.83. The Kier molecular flexibility index (Phi) is 4.58. The quantitative estimate of drug-likeness (QED) is 0.806. The van der Waals surface area contributed by atoms with Crippen LogP contribution >= 0.6 is 15.9 Å². The Hall–Kier alpha value is -0.910. The van der Waals surface area contributed by atoms with Crippen LogP contribution in [0.4, 0.5) is 5.69 Å². The summed E-state index contributed by atoms with van der Waals surface area (Å²) in [5.41, 5.74) is 3.21. The van der Waals surface area contributed by atoms with Crippen LogP contribution in [0, 0.1) is 0 Å². The average molecular weight is 259 g/mol. The van der Waals surface area contributed by atoms with E-state index < -0.39 is 0 Å². The van der Waals surface area contributed by atoms with Gasteiger partial charge in [-0.3, -0.25) is 4.79 Å². The number of halogens is 1. The van der Waals surface area contributed by atoms with Crippen LogP contribution in [-0.4, -0.2) is 19.6 Å². The van der Waals surface area contributed by atoms with Gasteiger partial charge in [0.2, 0.25) is 5.91 Å². The first kappa shape index (κ1) is 11.2. The summed E-state index contributed by atoms with van der Waals surface area (Å²) in [6, 6.07) is 7.41. The molecule has 0 radical (unpaired) electrons. The lowest BCUT2D eigenvalue weighted by molar-refractivity contribution is -0.117. The highest BCUT2D eigenvalue weighted by atomic mass is 79.9. The molecule has 0 atom stereocenters. The predicted octanol–water partition coefficient (Wildman–Crippen LogP) is 1.54. The van der Waals surface area contributed by atoms with E-state index in [1.807, 2.05) is 24.3 Å². The second kappa shape index (κ2) is 5.74. The number of benzene rings is 1. The zero-order valence-corrected chi connectivity index (χ0v) is 9.30. The van der Waals surface area contributed by atoms with Gasteiger partial charge in [0.25, 0.3) is 0 Å². The number of carbonyl (C=O) groups excluding carboxylic acids is 1. The largest absolute Gasteiger partial charge is 0.324 e. The minimum absolute atomic E-state index is 0.123. The Bertz CT molecular complexity index is 317. The van der Waals surface area contributed by atoms with E-state index in [1.165, 1.54) is 7.11 Å². The van der Waals surface area contributed by atoms with Crippen LogP contribution in [0.2, 0.25) is 0 Å². The van der Waals surface area contributed by atoms with Crippen molar-refractivity contribution in [2.75, 3.05) is 19.0 Å². The van der Waals surface area contributed by atoms with E-state index in [9.17, 15) is 4.79 Å². The number of anilines is 1. The van der Waals surface area contributed by atoms with E-state index in [4.69, 9.17) is 0 Å². The minimum atomic E-state index is -0.154. The van der Waals surface area contributed by atoms with Crippen LogP contribution in [0.15, 0.2) is 28.7 Å². The van der Waals surface area contributed by atoms with Crippen molar-refractivity contribution in [3.63, 3.8) is 0 Å². The summed E-state index contributed by atoms with van der Waals surface area (Å²) in [6.45, 7) is 0.123. The van der Waals surface area contributed by atoms with Crippen molar-refractivity contribution in [2.45, 2.75) is 0 Å². The Labute approximate surface area is 90.7 Å². The van der Waals surface area contributed by atoms with E-state index in [0.29, 0.717) is 0 Å². The monoisotopic (exact) mass is 258 g/mol. The SMILES string of the molecule is CONCC(=O)Nc1ccccc1Br. The average Bonchev–Trinajstić information content (AvgIpc) is 2.18. The molecular weight excluding hydrogens is 248 g/mol. The second-order valence-electron chi connectivity index (χ2n) is 2.55. The highest BCUT2D eigenvalue weighted by molar-refractivity contribution is 9.10. The summed E-state index contributed by atoms with van der Waals surface area (Å²) in [5, 5.41) is 2.72. The molecule has 0 saturated carbocycles. The fourth-order valence-corrected chi connectivity index (χ4v) is 1.28. The maximum atomic E-state index is 11.2. The van der Waals surface area contributed by atoms with Gasteiger partial charge in [0, 0.05) is 4.47 Å². The van der Waals surface area contributed by atoms with E-state index in [-0.39, 0.29) is 12.5 Å². The second-order valence-corrected chi connectivity index (χ2v) is 3.41. The Morgan fingerprint density at radius 3 is 2.86 bits per heavy atom. The number of hydroxylamine groups is 1. The predicted molar refractivity (Wildman–Crippen MR) is 57.8 cm³/mol. The molecule has 14 heavy (non-hydrogen) atoms. The molecule has 0 aromatic heterocycles. The topological polar surface area (TPSA) is 50.4 Å². The molecule has 1 aromatic rings. The van der Waals surface area contributed by atoms with E-state index in [2.05, 4.69) is 31.6 Å². The van der Waals surface area contributed by atoms with Gasteiger partial charge >= 0.3 is 0 Å². The molecule has 0 saturated heterocycles. The molecule has 0 aliphatic heterocycles. The van der Waals surface area contributed by atoms with Crippen molar-refractivity contribution in [3.05, 3.63) is 28.7 Å². The first-order valence-electron chi connectivity index (χ1n) is 4.04. The maximum Gasteiger partial charge on any atom is 0.240 e. The van der Waals surface area contributed by atoms with Crippen molar-refractivity contribution < 1.29 is 9.63 Å². The molecule has 0 unspecified atom stereocenters. The number of nitrogens with one attached hydrogen (secondary N) is 2. The van der Waals surface area contributed by atoms with Crippen LogP contribution < -0.4 is 10.8 Å². The van der Waals surface area contributed by atoms with Crippen LogP contribution in [-0.2, 0) is 9.63 Å². The van der Waals surface area contributed by atoms with Crippen LogP contribution in [0.25, 0.3) is 0 Å². The van der Waals surface area contributed by atoms with Crippen molar-refractivity contribution in [1.82, 2.24) is 5.48 Å². The standard InChI is InChI=1S/C9H11BrN2O2/c1-14-11-6-9(13)12-8-5-3-2-4-7(8)10/h2-5,11H,6H2,1H3,(H,12,13). The molecule has 2 N–H and O–H groups in total. The minimum Gasteiger partial charge on any atom is -0.324 e. The van der Waals surface area contributed by atoms with Gasteiger partial charge in [-0.1, -0.05) is 12.1 Å². The number of amides is 1. The van der Waals surface area contributed by atoms with Gasteiger partial charge in [0.05, 0.1) is 12.8 Å². The normalized spacial score (nSPS) is 9.86. The summed E-state index contributed by atoms with van der Waals surface area (Å²) in [4.78, 5) is 15.8. The van der Waals surface area contributed by atoms with Gasteiger partial charge in [0.15, 0.2) is 0 Å². The molecule has 0 aliphatic rings. The van der Waals surface area contributed by atoms with Crippen molar-refractivity contribution in [1.29, 1.82) is 0 Å². The summed E-state index contributed by atoms with van der Waals surface area (Å²) in [6.07, 6.45) is 0. The lowest BCUT2D eigenvalue weighted by Gasteiger charge is -2.06. The number of carbonyl (C=O) groups is 1. The van der Waals surface area contributed by atoms with Gasteiger partial charge in [-0.05, 0) is 28.1 Å². The third kappa shape index (κ3) is 3.45. The summed E-state index contributed by atoms with van der Waals surface area (Å²) in [7, 11) is 1.46. The van der Waals surface area contributed by atoms with Gasteiger partial charge < -0.3 is 10.2 Å². The first-order chi connectivity index (χ1) is 6.74. The molecular formula is C9H11BrN2O2. The highest BCUT2D eigenvalue weighted by Crippen LogP contribution is 2.20. The van der Waals surface area contributed by atoms with Crippen LogP contribution in [0.5, 0.6) is 0 Å². The third-order valence-electron chi connectivity index (χ3n) is 1.53. The fourth-order valence-electron chi connectivity index (χ4n) is 0.895. The highest BCUT2D eigenvalue weighted by Gasteiger charge is 2.03. The Balaban J connectivity index is 2.52. The third-order valence-corrected chi connectivity index (χ3v) is 2.22. The molecule has 1 aromatic carbocycles. The fraction of sp³-hybridized carbons (Fsp3) is 0.222. The molecule has 0 fully saturated rings. The van der Waals surface area contributed by atoms with Gasteiger partial charge in [-0.25, -0.2) is 0 Å². The number of hydrogen-bond donors (Lipinski definition) is 2. The number of hydrogen-bond acceptors (Lipinski definition) is 3. The molecule has 0 aliphatic carbocycles. The molecule has 5 heteroatoms. The lowest BCUT2D eigenvalue weighted by Crippen LogP contribution is -2.27. The summed E-state index contributed by atoms with van der Waals surface area (Å²) >= 11 is 3.33. The number of para-hydroxylation sites is 1. The van der Waals surface area contributed by atoms with Crippen molar-refractivity contribution in [3.8, 4) is 0 Å². The zero-order chi connectivity index (χ0) is 10.4. The lowest BCUT2D eigenvalue weighted by atomic mass is 10.3. The Morgan fingerprint density at radius 2 is 2.21 bits per heavy atom. The van der Waals surface area contributed by atoms with E-state index >= 15 is 0 Å². The Morgan fingerprint density at radius 1 is 1.50 bits per heavy atom. The molecule has 1 amide bonds. The number of rotatable bonds is 4. The van der Waals surface area contributed by atoms with Gasteiger partial charge in [-0.15, -0.1) is 0 Å². The summed E-state index contributed by atoms with van der Waals surface area (Å²) in [5.74, 6) is -0.154. The zero-order valence-electron chi connectivity index (χ0n) is 7.71. The molecule has 0 bridgehead atoms. The van der Waals surface area contributed by atoms with Crippen molar-refractivity contribution in [2.24, 2.45) is 0 Å². The summed E-state index contributed by atoms with van der Waals surface area (Å²) < 4.78 is 0.853. The maximum absolute atomic E-state index is 11.2.